The summed E-state index contributed by atoms with van der Waals surface area (Å²) in [7, 11) is 0. The molecule has 0 unspecified atom stereocenters. The average Bonchev–Trinajstić information content (AvgIpc) is 2.60. The molecule has 0 atom stereocenters. The summed E-state index contributed by atoms with van der Waals surface area (Å²) in [6.07, 6.45) is 3.37. The third-order valence-corrected chi connectivity index (χ3v) is 2.98. The van der Waals surface area contributed by atoms with Gasteiger partial charge >= 0.3 is 0 Å². The molecule has 0 saturated carbocycles. The first-order valence-electron chi connectivity index (χ1n) is 5.12. The van der Waals surface area contributed by atoms with Crippen LogP contribution in [0.4, 0.5) is 5.69 Å². The second-order valence-corrected chi connectivity index (χ2v) is 4.68. The molecule has 16 heavy (non-hydrogen) atoms. The molecule has 0 radical (unpaired) electrons. The van der Waals surface area contributed by atoms with Gasteiger partial charge < -0.3 is 0 Å². The van der Waals surface area contributed by atoms with E-state index >= 15 is 0 Å². The maximum absolute atomic E-state index is 11.8. The lowest BCUT2D eigenvalue weighted by Crippen LogP contribution is -2.29. The summed E-state index contributed by atoms with van der Waals surface area (Å²) in [6.45, 7) is 4.00. The van der Waals surface area contributed by atoms with Crippen molar-refractivity contribution in [2.45, 2.75) is 19.9 Å². The Morgan fingerprint density at radius 3 is 3.00 bits per heavy atom. The van der Waals surface area contributed by atoms with Crippen LogP contribution in [0.3, 0.4) is 0 Å². The van der Waals surface area contributed by atoms with Crippen LogP contribution >= 0.6 is 11.8 Å². The zero-order valence-electron chi connectivity index (χ0n) is 9.25. The molecule has 4 nitrogen and oxygen atoms in total. The van der Waals surface area contributed by atoms with Crippen molar-refractivity contribution in [3.63, 3.8) is 0 Å². The van der Waals surface area contributed by atoms with E-state index in [2.05, 4.69) is 9.98 Å². The lowest BCUT2D eigenvalue weighted by molar-refractivity contribution is -0.115. The Morgan fingerprint density at radius 1 is 1.56 bits per heavy atom. The molecule has 1 fully saturated rings. The van der Waals surface area contributed by atoms with E-state index in [1.807, 2.05) is 26.0 Å². The highest BCUT2D eigenvalue weighted by Crippen LogP contribution is 2.26. The zero-order valence-corrected chi connectivity index (χ0v) is 10.1. The lowest BCUT2D eigenvalue weighted by Gasteiger charge is -2.15. The number of anilines is 1. The number of hydrogen-bond donors (Lipinski definition) is 0. The minimum atomic E-state index is 0.0670. The predicted molar refractivity (Wildman–Crippen MR) is 66.8 cm³/mol. The fourth-order valence-corrected chi connectivity index (χ4v) is 2.42. The Hall–Kier alpha value is -1.36. The summed E-state index contributed by atoms with van der Waals surface area (Å²) in [4.78, 5) is 21.9. The van der Waals surface area contributed by atoms with E-state index in [4.69, 9.17) is 0 Å². The Balaban J connectivity index is 2.34. The van der Waals surface area contributed by atoms with Gasteiger partial charge in [0.1, 0.15) is 0 Å². The molecule has 2 rings (SSSR count). The van der Waals surface area contributed by atoms with Crippen LogP contribution in [0.25, 0.3) is 0 Å². The molecule has 1 aliphatic rings. The Labute approximate surface area is 98.8 Å². The number of aliphatic imine (C=N–C) groups is 1. The summed E-state index contributed by atoms with van der Waals surface area (Å²) < 4.78 is 0. The van der Waals surface area contributed by atoms with Gasteiger partial charge in [-0.05, 0) is 26.0 Å². The van der Waals surface area contributed by atoms with E-state index in [0.29, 0.717) is 5.75 Å². The molecule has 1 aromatic rings. The minimum Gasteiger partial charge on any atom is -0.273 e. The van der Waals surface area contributed by atoms with Crippen molar-refractivity contribution < 1.29 is 4.79 Å². The number of thioether (sulfide) groups is 1. The second-order valence-electron chi connectivity index (χ2n) is 3.73. The number of amides is 1. The summed E-state index contributed by atoms with van der Waals surface area (Å²) in [6, 6.07) is 3.87. The van der Waals surface area contributed by atoms with E-state index in [1.54, 1.807) is 17.3 Å². The minimum absolute atomic E-state index is 0.0670. The highest BCUT2D eigenvalue weighted by atomic mass is 32.2. The van der Waals surface area contributed by atoms with E-state index in [-0.39, 0.29) is 11.9 Å². The van der Waals surface area contributed by atoms with Crippen LogP contribution in [0.5, 0.6) is 0 Å². The first-order chi connectivity index (χ1) is 7.68. The topological polar surface area (TPSA) is 45.6 Å². The fraction of sp³-hybridized carbons (Fsp3) is 0.364. The lowest BCUT2D eigenvalue weighted by atomic mass is 10.4. The normalized spacial score (nSPS) is 18.8. The number of rotatable bonds is 2. The van der Waals surface area contributed by atoms with E-state index in [0.717, 1.165) is 10.9 Å². The maximum atomic E-state index is 11.8. The Kier molecular flexibility index (Phi) is 3.24. The van der Waals surface area contributed by atoms with Gasteiger partial charge in [-0.2, -0.15) is 0 Å². The highest BCUT2D eigenvalue weighted by Gasteiger charge is 2.29. The molecule has 0 spiro atoms. The van der Waals surface area contributed by atoms with E-state index < -0.39 is 0 Å². The summed E-state index contributed by atoms with van der Waals surface area (Å²) in [5.41, 5.74) is 0.789. The molecule has 1 amide bonds. The molecule has 1 saturated heterocycles. The van der Waals surface area contributed by atoms with E-state index in [1.165, 1.54) is 11.8 Å². The molecule has 1 aromatic heterocycles. The van der Waals surface area contributed by atoms with Gasteiger partial charge in [-0.1, -0.05) is 11.8 Å². The van der Waals surface area contributed by atoms with Crippen molar-refractivity contribution in [1.29, 1.82) is 0 Å². The zero-order chi connectivity index (χ0) is 11.5. The molecule has 5 heteroatoms. The highest BCUT2D eigenvalue weighted by molar-refractivity contribution is 8.15. The van der Waals surface area contributed by atoms with Gasteiger partial charge in [0, 0.05) is 12.2 Å². The van der Waals surface area contributed by atoms with Gasteiger partial charge in [-0.25, -0.2) is 0 Å². The molecular weight excluding hydrogens is 222 g/mol. The number of nitrogens with zero attached hydrogens (tertiary/aromatic N) is 3. The van der Waals surface area contributed by atoms with Crippen LogP contribution in [0.2, 0.25) is 0 Å². The first kappa shape index (κ1) is 11.1. The van der Waals surface area contributed by atoms with Crippen LogP contribution < -0.4 is 4.90 Å². The van der Waals surface area contributed by atoms with Crippen molar-refractivity contribution >= 4 is 28.5 Å². The number of pyridine rings is 1. The van der Waals surface area contributed by atoms with Gasteiger partial charge in [0.05, 0.1) is 17.6 Å². The summed E-state index contributed by atoms with van der Waals surface area (Å²) >= 11 is 1.48. The quantitative estimate of drug-likeness (QED) is 0.786. The number of carbonyl (C=O) groups excluding carboxylic acids is 1. The third kappa shape index (κ3) is 2.24. The Bertz CT molecular complexity index is 416. The average molecular weight is 235 g/mol. The smallest absolute Gasteiger partial charge is 0.243 e. The number of aromatic nitrogens is 1. The molecule has 84 valence electrons. The van der Waals surface area contributed by atoms with Crippen LogP contribution in [-0.2, 0) is 4.79 Å². The Morgan fingerprint density at radius 2 is 2.38 bits per heavy atom. The standard InChI is InChI=1S/C11H13N3OS/c1-8(2)13-11-14(10(15)7-16-11)9-4-3-5-12-6-9/h3-6,8H,7H2,1-2H3. The predicted octanol–water partition coefficient (Wildman–Crippen LogP) is 1.93. The molecule has 2 heterocycles. The van der Waals surface area contributed by atoms with Crippen molar-refractivity contribution in [1.82, 2.24) is 4.98 Å². The van der Waals surface area contributed by atoms with Crippen LogP contribution in [0, 0.1) is 0 Å². The number of carbonyl (C=O) groups is 1. The van der Waals surface area contributed by atoms with Crippen LogP contribution in [0.15, 0.2) is 29.5 Å². The summed E-state index contributed by atoms with van der Waals surface area (Å²) in [5.74, 6) is 0.526. The molecule has 0 aliphatic carbocycles. The number of hydrogen-bond acceptors (Lipinski definition) is 4. The van der Waals surface area contributed by atoms with Gasteiger partial charge in [-0.15, -0.1) is 0 Å². The van der Waals surface area contributed by atoms with Crippen LogP contribution in [0.1, 0.15) is 13.8 Å². The molecule has 0 bridgehead atoms. The molecule has 0 N–H and O–H groups in total. The molecule has 0 aromatic carbocycles. The van der Waals surface area contributed by atoms with Gasteiger partial charge in [0.15, 0.2) is 5.17 Å². The second kappa shape index (κ2) is 4.65. The van der Waals surface area contributed by atoms with Gasteiger partial charge in [0.25, 0.3) is 0 Å². The van der Waals surface area contributed by atoms with Crippen molar-refractivity contribution in [2.24, 2.45) is 4.99 Å². The summed E-state index contributed by atoms with van der Waals surface area (Å²) in [5, 5.41) is 0.771. The third-order valence-electron chi connectivity index (χ3n) is 2.04. The van der Waals surface area contributed by atoms with Crippen molar-refractivity contribution in [3.05, 3.63) is 24.5 Å². The fourth-order valence-electron chi connectivity index (χ4n) is 1.42. The largest absolute Gasteiger partial charge is 0.273 e. The van der Waals surface area contributed by atoms with Gasteiger partial charge in [-0.3, -0.25) is 19.7 Å². The van der Waals surface area contributed by atoms with Crippen molar-refractivity contribution in [3.8, 4) is 0 Å². The molecular formula is C11H13N3OS. The monoisotopic (exact) mass is 235 g/mol. The van der Waals surface area contributed by atoms with Crippen molar-refractivity contribution in [2.75, 3.05) is 10.7 Å². The van der Waals surface area contributed by atoms with E-state index in [9.17, 15) is 4.79 Å². The van der Waals surface area contributed by atoms with Crippen LogP contribution in [-0.4, -0.2) is 27.9 Å². The molecule has 1 aliphatic heterocycles. The SMILES string of the molecule is CC(C)N=C1SCC(=O)N1c1cccnc1. The maximum Gasteiger partial charge on any atom is 0.243 e. The number of amidine groups is 1. The van der Waals surface area contributed by atoms with Gasteiger partial charge in [0.2, 0.25) is 5.91 Å². The first-order valence-corrected chi connectivity index (χ1v) is 6.10.